The lowest BCUT2D eigenvalue weighted by molar-refractivity contribution is -0.384. The van der Waals surface area contributed by atoms with Gasteiger partial charge in [0.2, 0.25) is 0 Å². The quantitative estimate of drug-likeness (QED) is 0.678. The van der Waals surface area contributed by atoms with E-state index in [4.69, 9.17) is 5.11 Å². The van der Waals surface area contributed by atoms with Gasteiger partial charge in [0.05, 0.1) is 10.5 Å². The summed E-state index contributed by atoms with van der Waals surface area (Å²) in [5, 5.41) is 20.2. The number of hydrogen-bond acceptors (Lipinski definition) is 4. The van der Waals surface area contributed by atoms with E-state index < -0.39 is 10.9 Å². The van der Waals surface area contributed by atoms with Gasteiger partial charge in [-0.3, -0.25) is 10.1 Å². The molecule has 1 saturated heterocycles. The van der Waals surface area contributed by atoms with Crippen molar-refractivity contribution in [2.45, 2.75) is 26.2 Å². The summed E-state index contributed by atoms with van der Waals surface area (Å²) in [7, 11) is 0. The van der Waals surface area contributed by atoms with Crippen molar-refractivity contribution in [1.82, 2.24) is 0 Å². The molecule has 6 heteroatoms. The lowest BCUT2D eigenvalue weighted by atomic mass is 10.0. The number of nitrogens with zero attached hydrogens (tertiary/aromatic N) is 2. The Morgan fingerprint density at radius 3 is 2.80 bits per heavy atom. The zero-order valence-corrected chi connectivity index (χ0v) is 11.4. The number of nitro benzene ring substituents is 1. The summed E-state index contributed by atoms with van der Waals surface area (Å²) in [6.07, 6.45) is 3.03. The van der Waals surface area contributed by atoms with Gasteiger partial charge < -0.3 is 10.0 Å². The third-order valence-corrected chi connectivity index (χ3v) is 3.78. The minimum Gasteiger partial charge on any atom is -0.478 e. The average Bonchev–Trinajstić information content (AvgIpc) is 2.62. The monoisotopic (exact) mass is 278 g/mol. The summed E-state index contributed by atoms with van der Waals surface area (Å²) in [6.45, 7) is 3.63. The molecule has 0 spiro atoms. The molecule has 0 saturated carbocycles. The second-order valence-corrected chi connectivity index (χ2v) is 5.29. The Bertz CT molecular complexity index is 530. The maximum atomic E-state index is 11.1. The van der Waals surface area contributed by atoms with Crippen molar-refractivity contribution >= 4 is 17.3 Å². The molecule has 0 radical (unpaired) electrons. The Balaban J connectivity index is 2.38. The molecule has 0 aromatic heterocycles. The minimum absolute atomic E-state index is 0.0236. The molecule has 2 rings (SSSR count). The first-order chi connectivity index (χ1) is 9.49. The molecule has 0 aliphatic carbocycles. The Hall–Kier alpha value is -2.11. The lowest BCUT2D eigenvalue weighted by Gasteiger charge is -2.22. The fourth-order valence-corrected chi connectivity index (χ4v) is 2.57. The molecule has 1 aliphatic rings. The van der Waals surface area contributed by atoms with E-state index in [0.29, 0.717) is 11.6 Å². The summed E-state index contributed by atoms with van der Waals surface area (Å²) in [5.41, 5.74) is 0.483. The maximum Gasteiger partial charge on any atom is 0.335 e. The normalized spacial score (nSPS) is 19.4. The zero-order chi connectivity index (χ0) is 14.7. The van der Waals surface area contributed by atoms with E-state index in [-0.39, 0.29) is 11.3 Å². The minimum atomic E-state index is -1.07. The van der Waals surface area contributed by atoms with Crippen LogP contribution in [0.15, 0.2) is 18.2 Å². The highest BCUT2D eigenvalue weighted by Crippen LogP contribution is 2.31. The van der Waals surface area contributed by atoms with Crippen LogP contribution in [0.3, 0.4) is 0 Å². The van der Waals surface area contributed by atoms with Crippen molar-refractivity contribution in [2.24, 2.45) is 5.92 Å². The molecule has 0 bridgehead atoms. The summed E-state index contributed by atoms with van der Waals surface area (Å²) in [5.74, 6) is -0.467. The molecule has 1 atom stereocenters. The second-order valence-electron chi connectivity index (χ2n) is 5.29. The van der Waals surface area contributed by atoms with E-state index in [1.165, 1.54) is 18.2 Å². The SMILES string of the molecule is CC1CCCN(c2cc(C(=O)O)ccc2[N+](=O)[O-])CC1. The zero-order valence-electron chi connectivity index (χ0n) is 11.4. The van der Waals surface area contributed by atoms with Crippen LogP contribution in [-0.2, 0) is 0 Å². The van der Waals surface area contributed by atoms with E-state index >= 15 is 0 Å². The highest BCUT2D eigenvalue weighted by molar-refractivity contribution is 5.90. The molecule has 108 valence electrons. The Morgan fingerprint density at radius 1 is 1.40 bits per heavy atom. The van der Waals surface area contributed by atoms with Crippen LogP contribution in [0.2, 0.25) is 0 Å². The number of carboxylic acids is 1. The standard InChI is InChI=1S/C14H18N2O4/c1-10-3-2-7-15(8-6-10)13-9-11(14(17)18)4-5-12(13)16(19)20/h4-5,9-10H,2-3,6-8H2,1H3,(H,17,18). The van der Waals surface area contributed by atoms with Gasteiger partial charge >= 0.3 is 5.97 Å². The molecule has 1 N–H and O–H groups in total. The number of aromatic carboxylic acids is 1. The van der Waals surface area contributed by atoms with E-state index in [1.54, 1.807) is 0 Å². The number of nitro groups is 1. The number of carboxylic acid groups (broad SMARTS) is 1. The van der Waals surface area contributed by atoms with Crippen LogP contribution in [0.25, 0.3) is 0 Å². The molecule has 20 heavy (non-hydrogen) atoms. The van der Waals surface area contributed by atoms with Crippen molar-refractivity contribution in [3.8, 4) is 0 Å². The van der Waals surface area contributed by atoms with Gasteiger partial charge in [-0.2, -0.15) is 0 Å². The van der Waals surface area contributed by atoms with Crippen molar-refractivity contribution in [3.05, 3.63) is 33.9 Å². The van der Waals surface area contributed by atoms with Crippen LogP contribution in [0.5, 0.6) is 0 Å². The summed E-state index contributed by atoms with van der Waals surface area (Å²) in [4.78, 5) is 23.7. The maximum absolute atomic E-state index is 11.1. The first kappa shape index (κ1) is 14.3. The summed E-state index contributed by atoms with van der Waals surface area (Å²) in [6, 6.07) is 3.98. The third-order valence-electron chi connectivity index (χ3n) is 3.78. The fourth-order valence-electron chi connectivity index (χ4n) is 2.57. The summed E-state index contributed by atoms with van der Waals surface area (Å²) < 4.78 is 0. The van der Waals surface area contributed by atoms with Gasteiger partial charge in [0.25, 0.3) is 5.69 Å². The van der Waals surface area contributed by atoms with Gasteiger partial charge in [-0.05, 0) is 37.3 Å². The highest BCUT2D eigenvalue weighted by atomic mass is 16.6. The molecular weight excluding hydrogens is 260 g/mol. The Kier molecular flexibility index (Phi) is 4.22. The molecular formula is C14H18N2O4. The second kappa shape index (κ2) is 5.90. The van der Waals surface area contributed by atoms with Gasteiger partial charge in [0.15, 0.2) is 0 Å². The molecule has 1 unspecified atom stereocenters. The first-order valence-electron chi connectivity index (χ1n) is 6.75. The molecule has 1 heterocycles. The van der Waals surface area contributed by atoms with Crippen molar-refractivity contribution in [1.29, 1.82) is 0 Å². The number of rotatable bonds is 3. The van der Waals surface area contributed by atoms with Gasteiger partial charge in [-0.15, -0.1) is 0 Å². The molecule has 1 aromatic rings. The van der Waals surface area contributed by atoms with Gasteiger partial charge in [-0.25, -0.2) is 4.79 Å². The summed E-state index contributed by atoms with van der Waals surface area (Å²) >= 11 is 0. The van der Waals surface area contributed by atoms with Crippen molar-refractivity contribution in [2.75, 3.05) is 18.0 Å². The number of benzene rings is 1. The van der Waals surface area contributed by atoms with Crippen LogP contribution in [0, 0.1) is 16.0 Å². The molecule has 1 aliphatic heterocycles. The molecule has 1 fully saturated rings. The van der Waals surface area contributed by atoms with E-state index in [0.717, 1.165) is 32.4 Å². The van der Waals surface area contributed by atoms with Crippen molar-refractivity contribution in [3.63, 3.8) is 0 Å². The Morgan fingerprint density at radius 2 is 2.15 bits per heavy atom. The first-order valence-corrected chi connectivity index (χ1v) is 6.75. The molecule has 0 amide bonds. The Labute approximate surface area is 117 Å². The van der Waals surface area contributed by atoms with Crippen LogP contribution >= 0.6 is 0 Å². The average molecular weight is 278 g/mol. The van der Waals surface area contributed by atoms with Crippen LogP contribution in [0.1, 0.15) is 36.5 Å². The van der Waals surface area contributed by atoms with Gasteiger partial charge in [0, 0.05) is 19.2 Å². The molecule has 6 nitrogen and oxygen atoms in total. The van der Waals surface area contributed by atoms with Crippen molar-refractivity contribution < 1.29 is 14.8 Å². The van der Waals surface area contributed by atoms with E-state index in [1.807, 2.05) is 4.90 Å². The fraction of sp³-hybridized carbons (Fsp3) is 0.500. The van der Waals surface area contributed by atoms with E-state index in [2.05, 4.69) is 6.92 Å². The number of anilines is 1. The highest BCUT2D eigenvalue weighted by Gasteiger charge is 2.23. The topological polar surface area (TPSA) is 83.7 Å². The van der Waals surface area contributed by atoms with Gasteiger partial charge in [-0.1, -0.05) is 6.92 Å². The number of hydrogen-bond donors (Lipinski definition) is 1. The van der Waals surface area contributed by atoms with Crippen LogP contribution < -0.4 is 4.90 Å². The van der Waals surface area contributed by atoms with E-state index in [9.17, 15) is 14.9 Å². The van der Waals surface area contributed by atoms with Crippen LogP contribution in [0.4, 0.5) is 11.4 Å². The predicted octanol–water partition coefficient (Wildman–Crippen LogP) is 2.92. The van der Waals surface area contributed by atoms with Crippen LogP contribution in [-0.4, -0.2) is 29.1 Å². The smallest absolute Gasteiger partial charge is 0.335 e. The predicted molar refractivity (Wildman–Crippen MR) is 75.3 cm³/mol. The largest absolute Gasteiger partial charge is 0.478 e. The third kappa shape index (κ3) is 3.07. The number of carbonyl (C=O) groups is 1. The molecule has 1 aromatic carbocycles. The van der Waals surface area contributed by atoms with Gasteiger partial charge in [0.1, 0.15) is 5.69 Å². The lowest BCUT2D eigenvalue weighted by Crippen LogP contribution is -2.25.